The van der Waals surface area contributed by atoms with E-state index in [1.807, 2.05) is 12.2 Å². The van der Waals surface area contributed by atoms with Gasteiger partial charge >= 0.3 is 0 Å². The summed E-state index contributed by atoms with van der Waals surface area (Å²) in [6.07, 6.45) is 13.1. The van der Waals surface area contributed by atoms with Gasteiger partial charge in [0.1, 0.15) is 6.61 Å². The van der Waals surface area contributed by atoms with Gasteiger partial charge in [-0.15, -0.1) is 0 Å². The lowest BCUT2D eigenvalue weighted by molar-refractivity contribution is 0.290. The normalized spacial score (nSPS) is 11.1. The summed E-state index contributed by atoms with van der Waals surface area (Å²) in [5.74, 6) is 0. The fourth-order valence-electron chi connectivity index (χ4n) is 0.721. The zero-order chi connectivity index (χ0) is 9.07. The highest BCUT2D eigenvalue weighted by atomic mass is 16.5. The van der Waals surface area contributed by atoms with Crippen LogP contribution in [0.4, 0.5) is 0 Å². The first-order valence-electron chi connectivity index (χ1n) is 4.46. The van der Waals surface area contributed by atoms with Crippen LogP contribution in [0.5, 0.6) is 0 Å². The zero-order valence-corrected chi connectivity index (χ0v) is 7.83. The van der Waals surface area contributed by atoms with Gasteiger partial charge in [-0.1, -0.05) is 44.6 Å². The Morgan fingerprint density at radius 1 is 1.33 bits per heavy atom. The second-order valence-electron chi connectivity index (χ2n) is 2.52. The van der Waals surface area contributed by atoms with Gasteiger partial charge in [-0.05, 0) is 12.5 Å². The molecular formula is C11H18O. The molecule has 0 atom stereocenters. The van der Waals surface area contributed by atoms with Crippen LogP contribution < -0.4 is 0 Å². The maximum atomic E-state index is 5.04. The van der Waals surface area contributed by atoms with Gasteiger partial charge in [0.15, 0.2) is 0 Å². The molecule has 1 nitrogen and oxygen atoms in total. The van der Waals surface area contributed by atoms with Crippen molar-refractivity contribution >= 4 is 0 Å². The van der Waals surface area contributed by atoms with Crippen LogP contribution in [0, 0.1) is 0 Å². The Morgan fingerprint density at radius 2 is 2.17 bits per heavy atom. The molecule has 0 spiro atoms. The summed E-state index contributed by atoms with van der Waals surface area (Å²) < 4.78 is 5.04. The first-order valence-corrected chi connectivity index (χ1v) is 4.46. The third-order valence-corrected chi connectivity index (χ3v) is 1.36. The molecule has 0 heterocycles. The highest BCUT2D eigenvalue weighted by Gasteiger charge is 1.75. The molecule has 0 amide bonds. The van der Waals surface area contributed by atoms with Gasteiger partial charge in [-0.2, -0.15) is 0 Å². The molecule has 0 aromatic heterocycles. The Hall–Kier alpha value is -0.980. The van der Waals surface area contributed by atoms with Gasteiger partial charge in [0.25, 0.3) is 0 Å². The van der Waals surface area contributed by atoms with E-state index in [2.05, 4.69) is 19.6 Å². The molecule has 12 heavy (non-hydrogen) atoms. The van der Waals surface area contributed by atoms with E-state index in [1.165, 1.54) is 12.8 Å². The molecule has 0 radical (unpaired) electrons. The van der Waals surface area contributed by atoms with Crippen molar-refractivity contribution < 1.29 is 4.74 Å². The number of allylic oxidation sites excluding steroid dienone is 3. The van der Waals surface area contributed by atoms with Crippen LogP contribution in [0.25, 0.3) is 0 Å². The lowest BCUT2D eigenvalue weighted by Gasteiger charge is -1.90. The van der Waals surface area contributed by atoms with Crippen molar-refractivity contribution in [3.8, 4) is 0 Å². The first-order chi connectivity index (χ1) is 5.91. The van der Waals surface area contributed by atoms with Crippen LogP contribution >= 0.6 is 0 Å². The molecule has 0 aromatic rings. The van der Waals surface area contributed by atoms with E-state index in [4.69, 9.17) is 4.74 Å². The van der Waals surface area contributed by atoms with Crippen molar-refractivity contribution in [3.05, 3.63) is 37.1 Å². The van der Waals surface area contributed by atoms with Crippen molar-refractivity contribution in [1.29, 1.82) is 0 Å². The average molecular weight is 166 g/mol. The molecule has 0 rings (SSSR count). The first kappa shape index (κ1) is 11.0. The molecule has 0 saturated heterocycles. The number of ether oxygens (including phenoxy) is 1. The van der Waals surface area contributed by atoms with Gasteiger partial charge in [-0.25, -0.2) is 0 Å². The third kappa shape index (κ3) is 9.02. The fourth-order valence-corrected chi connectivity index (χ4v) is 0.721. The topological polar surface area (TPSA) is 9.23 Å². The number of unbranched alkanes of at least 4 members (excludes halogenated alkanes) is 2. The largest absolute Gasteiger partial charge is 0.497 e. The molecule has 0 bridgehead atoms. The number of rotatable bonds is 7. The minimum absolute atomic E-state index is 0.583. The Balaban J connectivity index is 3.20. The summed E-state index contributed by atoms with van der Waals surface area (Å²) in [5, 5.41) is 0. The van der Waals surface area contributed by atoms with Gasteiger partial charge in [0, 0.05) is 0 Å². The monoisotopic (exact) mass is 166 g/mol. The molecular weight excluding hydrogens is 148 g/mol. The summed E-state index contributed by atoms with van der Waals surface area (Å²) in [7, 11) is 0. The SMILES string of the molecule is C=CCO/C=C/C=C/CCCC. The standard InChI is InChI=1S/C11H18O/c1-3-5-6-7-8-9-11-12-10-4-2/h4,7-9,11H,2-3,5-6,10H2,1H3/b8-7+,11-9+. The van der Waals surface area contributed by atoms with Gasteiger partial charge in [0.05, 0.1) is 6.26 Å². The quantitative estimate of drug-likeness (QED) is 0.243. The van der Waals surface area contributed by atoms with E-state index in [-0.39, 0.29) is 0 Å². The van der Waals surface area contributed by atoms with E-state index in [0.717, 1.165) is 6.42 Å². The molecule has 0 aliphatic rings. The number of hydrogen-bond acceptors (Lipinski definition) is 1. The molecule has 0 N–H and O–H groups in total. The van der Waals surface area contributed by atoms with Gasteiger partial charge in [-0.3, -0.25) is 0 Å². The zero-order valence-electron chi connectivity index (χ0n) is 7.83. The van der Waals surface area contributed by atoms with E-state index < -0.39 is 0 Å². The Bertz CT molecular complexity index is 145. The fraction of sp³-hybridized carbons (Fsp3) is 0.455. The average Bonchev–Trinajstić information content (AvgIpc) is 2.10. The van der Waals surface area contributed by atoms with E-state index in [9.17, 15) is 0 Å². The van der Waals surface area contributed by atoms with E-state index in [1.54, 1.807) is 12.3 Å². The Kier molecular flexibility index (Phi) is 9.20. The Morgan fingerprint density at radius 3 is 2.83 bits per heavy atom. The van der Waals surface area contributed by atoms with Crippen molar-refractivity contribution in [2.75, 3.05) is 6.61 Å². The van der Waals surface area contributed by atoms with E-state index >= 15 is 0 Å². The van der Waals surface area contributed by atoms with Crippen molar-refractivity contribution in [2.45, 2.75) is 26.2 Å². The molecule has 0 unspecified atom stereocenters. The van der Waals surface area contributed by atoms with Gasteiger partial charge in [0.2, 0.25) is 0 Å². The highest BCUT2D eigenvalue weighted by molar-refractivity contribution is 4.99. The predicted molar refractivity (Wildman–Crippen MR) is 54.0 cm³/mol. The minimum Gasteiger partial charge on any atom is -0.497 e. The molecule has 0 fully saturated rings. The van der Waals surface area contributed by atoms with Gasteiger partial charge < -0.3 is 4.74 Å². The second kappa shape index (κ2) is 10.0. The molecule has 0 aromatic carbocycles. The highest BCUT2D eigenvalue weighted by Crippen LogP contribution is 1.94. The lowest BCUT2D eigenvalue weighted by Crippen LogP contribution is -1.77. The van der Waals surface area contributed by atoms with Crippen LogP contribution in [-0.4, -0.2) is 6.61 Å². The summed E-state index contributed by atoms with van der Waals surface area (Å²) in [6, 6.07) is 0. The maximum Gasteiger partial charge on any atom is 0.105 e. The molecule has 68 valence electrons. The summed E-state index contributed by atoms with van der Waals surface area (Å²) in [4.78, 5) is 0. The summed E-state index contributed by atoms with van der Waals surface area (Å²) in [5.41, 5.74) is 0. The van der Waals surface area contributed by atoms with Crippen LogP contribution in [-0.2, 0) is 4.74 Å². The van der Waals surface area contributed by atoms with Crippen molar-refractivity contribution in [2.24, 2.45) is 0 Å². The molecule has 0 aliphatic heterocycles. The molecule has 0 aliphatic carbocycles. The van der Waals surface area contributed by atoms with Crippen LogP contribution in [0.2, 0.25) is 0 Å². The minimum atomic E-state index is 0.583. The van der Waals surface area contributed by atoms with Crippen LogP contribution in [0.15, 0.2) is 37.1 Å². The number of hydrogen-bond donors (Lipinski definition) is 0. The van der Waals surface area contributed by atoms with Crippen LogP contribution in [0.1, 0.15) is 26.2 Å². The van der Waals surface area contributed by atoms with Crippen molar-refractivity contribution in [1.82, 2.24) is 0 Å². The predicted octanol–water partition coefficient (Wildman–Crippen LogP) is 3.45. The summed E-state index contributed by atoms with van der Waals surface area (Å²) >= 11 is 0. The van der Waals surface area contributed by atoms with E-state index in [0.29, 0.717) is 6.61 Å². The van der Waals surface area contributed by atoms with Crippen molar-refractivity contribution in [3.63, 3.8) is 0 Å². The summed E-state index contributed by atoms with van der Waals surface area (Å²) in [6.45, 7) is 6.32. The van der Waals surface area contributed by atoms with Crippen LogP contribution in [0.3, 0.4) is 0 Å². The smallest absolute Gasteiger partial charge is 0.105 e. The maximum absolute atomic E-state index is 5.04. The molecule has 1 heteroatoms. The second-order valence-corrected chi connectivity index (χ2v) is 2.52. The Labute approximate surface area is 75.4 Å². The lowest BCUT2D eigenvalue weighted by atomic mass is 10.2. The third-order valence-electron chi connectivity index (χ3n) is 1.36. The molecule has 0 saturated carbocycles.